The summed E-state index contributed by atoms with van der Waals surface area (Å²) < 4.78 is 3.20. The third-order valence-electron chi connectivity index (χ3n) is 6.99. The zero-order valence-corrected chi connectivity index (χ0v) is 19.0. The number of aryl methyl sites for hydroxylation is 1. The Morgan fingerprint density at radius 1 is 1.19 bits per heavy atom. The van der Waals surface area contributed by atoms with Crippen LogP contribution in [0.5, 0.6) is 0 Å². The van der Waals surface area contributed by atoms with E-state index in [1.165, 1.54) is 16.5 Å². The maximum absolute atomic E-state index is 12.6. The highest BCUT2D eigenvalue weighted by Gasteiger charge is 2.27. The predicted molar refractivity (Wildman–Crippen MR) is 126 cm³/mol. The Balaban J connectivity index is 1.84. The first-order valence-electron chi connectivity index (χ1n) is 11.3. The number of hydrogen-bond donors (Lipinski definition) is 2. The summed E-state index contributed by atoms with van der Waals surface area (Å²) >= 11 is 0. The van der Waals surface area contributed by atoms with Gasteiger partial charge in [0.1, 0.15) is 6.33 Å². The summed E-state index contributed by atoms with van der Waals surface area (Å²) in [5.41, 5.74) is 7.56. The van der Waals surface area contributed by atoms with Gasteiger partial charge in [0.2, 0.25) is 0 Å². The molecule has 166 valence electrons. The highest BCUT2D eigenvalue weighted by atomic mass is 16.4. The summed E-state index contributed by atoms with van der Waals surface area (Å²) in [4.78, 5) is 16.9. The first-order valence-corrected chi connectivity index (χ1v) is 11.3. The Kier molecular flexibility index (Phi) is 5.01. The predicted octanol–water partition coefficient (Wildman–Crippen LogP) is 5.08. The van der Waals surface area contributed by atoms with E-state index in [4.69, 9.17) is 0 Å². The Hall–Kier alpha value is -3.19. The maximum atomic E-state index is 12.6. The molecule has 7 nitrogen and oxygen atoms in total. The highest BCUT2D eigenvalue weighted by molar-refractivity contribution is 6.00. The number of nitrogens with zero attached hydrogens (tertiary/aromatic N) is 4. The zero-order valence-electron chi connectivity index (χ0n) is 19.0. The topological polar surface area (TPSA) is 84.5 Å². The number of nitrogens with one attached hydrogen (secondary N) is 1. The molecule has 0 saturated carbocycles. The number of fused-ring (bicyclic) bond motifs is 2. The van der Waals surface area contributed by atoms with Crippen LogP contribution in [0.25, 0.3) is 27.8 Å². The Morgan fingerprint density at radius 2 is 1.94 bits per heavy atom. The molecule has 5 rings (SSSR count). The van der Waals surface area contributed by atoms with E-state index in [0.717, 1.165) is 70.4 Å². The largest absolute Gasteiger partial charge is 0.464 e. The number of carbonyl (C=O) groups is 1. The summed E-state index contributed by atoms with van der Waals surface area (Å²) in [6.45, 7) is 10.4. The molecule has 2 N–H and O–H groups in total. The second kappa shape index (κ2) is 7.74. The van der Waals surface area contributed by atoms with Gasteiger partial charge in [0.05, 0.1) is 11.2 Å². The van der Waals surface area contributed by atoms with E-state index in [9.17, 15) is 9.90 Å². The van der Waals surface area contributed by atoms with E-state index in [0.29, 0.717) is 5.92 Å². The molecule has 4 aromatic rings. The molecule has 0 aliphatic carbocycles. The molecule has 0 amide bonds. The number of hydrogen-bond acceptors (Lipinski definition) is 4. The van der Waals surface area contributed by atoms with Crippen molar-refractivity contribution in [2.45, 2.75) is 52.4 Å². The summed E-state index contributed by atoms with van der Waals surface area (Å²) in [6.07, 6.45) is 4.69. The molecule has 1 aromatic carbocycles. The van der Waals surface area contributed by atoms with Gasteiger partial charge in [-0.2, -0.15) is 5.10 Å². The quantitative estimate of drug-likeness (QED) is 0.472. The van der Waals surface area contributed by atoms with Gasteiger partial charge < -0.3 is 10.4 Å². The van der Waals surface area contributed by atoms with Crippen molar-refractivity contribution in [3.05, 3.63) is 53.0 Å². The van der Waals surface area contributed by atoms with Crippen molar-refractivity contribution in [2.24, 2.45) is 0 Å². The van der Waals surface area contributed by atoms with Gasteiger partial charge in [-0.3, -0.25) is 0 Å². The van der Waals surface area contributed by atoms with E-state index in [2.05, 4.69) is 41.4 Å². The number of carboxylic acid groups (broad SMARTS) is 1. The Bertz CT molecular complexity index is 1340. The normalized spacial score (nSPS) is 15.3. The Labute approximate surface area is 187 Å². The zero-order chi connectivity index (χ0) is 22.6. The minimum absolute atomic E-state index is 0.155. The van der Waals surface area contributed by atoms with Crippen molar-refractivity contribution in [3.63, 3.8) is 0 Å². The highest BCUT2D eigenvalue weighted by Crippen LogP contribution is 2.41. The van der Waals surface area contributed by atoms with E-state index in [1.807, 2.05) is 26.1 Å². The number of pyridine rings is 1. The summed E-state index contributed by atoms with van der Waals surface area (Å²) in [5, 5.41) is 19.1. The standard InChI is InChI=1S/C25H29N5O2/c1-14(2)22-19-11-18(17-7-9-26-10-8-17)5-6-21(19)30(25(31)32)23(22)20-12-29-24(27-13-28-29)16(4)15(20)3/h5-6,11-14,17,26H,7-10H2,1-4H3,(H,31,32). The molecule has 1 aliphatic rings. The number of rotatable bonds is 3. The van der Waals surface area contributed by atoms with Crippen LogP contribution in [0.3, 0.4) is 0 Å². The molecule has 0 unspecified atom stereocenters. The van der Waals surface area contributed by atoms with Crippen molar-refractivity contribution < 1.29 is 9.90 Å². The van der Waals surface area contributed by atoms with Crippen LogP contribution in [0.1, 0.15) is 60.8 Å². The maximum Gasteiger partial charge on any atom is 0.416 e. The minimum Gasteiger partial charge on any atom is -0.464 e. The van der Waals surface area contributed by atoms with E-state index >= 15 is 0 Å². The first-order chi connectivity index (χ1) is 15.4. The number of aromatic nitrogens is 4. The average molecular weight is 432 g/mol. The molecule has 0 atom stereocenters. The van der Waals surface area contributed by atoms with Crippen molar-refractivity contribution in [3.8, 4) is 11.3 Å². The molecule has 0 spiro atoms. The van der Waals surface area contributed by atoms with Gasteiger partial charge in [0.15, 0.2) is 5.65 Å². The van der Waals surface area contributed by atoms with E-state index in [-0.39, 0.29) is 5.92 Å². The molecule has 32 heavy (non-hydrogen) atoms. The van der Waals surface area contributed by atoms with Crippen LogP contribution in [0.15, 0.2) is 30.7 Å². The van der Waals surface area contributed by atoms with Crippen LogP contribution in [0.4, 0.5) is 4.79 Å². The fourth-order valence-corrected chi connectivity index (χ4v) is 5.23. The number of benzene rings is 1. The fraction of sp³-hybridized carbons (Fsp3) is 0.400. The van der Waals surface area contributed by atoms with Gasteiger partial charge in [0, 0.05) is 17.1 Å². The summed E-state index contributed by atoms with van der Waals surface area (Å²) in [7, 11) is 0. The van der Waals surface area contributed by atoms with Crippen molar-refractivity contribution in [1.29, 1.82) is 0 Å². The molecule has 4 heterocycles. The summed E-state index contributed by atoms with van der Waals surface area (Å²) in [6, 6.07) is 6.34. The first kappa shape index (κ1) is 20.7. The van der Waals surface area contributed by atoms with Gasteiger partial charge in [0.25, 0.3) is 0 Å². The molecular formula is C25H29N5O2. The Morgan fingerprint density at radius 3 is 2.62 bits per heavy atom. The second-order valence-corrected chi connectivity index (χ2v) is 9.16. The molecular weight excluding hydrogens is 402 g/mol. The van der Waals surface area contributed by atoms with Crippen molar-refractivity contribution >= 4 is 22.6 Å². The lowest BCUT2D eigenvalue weighted by atomic mass is 9.88. The fourth-order valence-electron chi connectivity index (χ4n) is 5.23. The smallest absolute Gasteiger partial charge is 0.416 e. The van der Waals surface area contributed by atoms with Gasteiger partial charge in [-0.25, -0.2) is 18.9 Å². The lowest BCUT2D eigenvalue weighted by Crippen LogP contribution is -2.26. The lowest BCUT2D eigenvalue weighted by Gasteiger charge is -2.23. The summed E-state index contributed by atoms with van der Waals surface area (Å²) in [5.74, 6) is 0.662. The van der Waals surface area contributed by atoms with Gasteiger partial charge in [-0.1, -0.05) is 19.9 Å². The van der Waals surface area contributed by atoms with E-state index < -0.39 is 6.09 Å². The van der Waals surface area contributed by atoms with Gasteiger partial charge in [-0.05, 0) is 86.0 Å². The average Bonchev–Trinajstić information content (AvgIpc) is 3.38. The van der Waals surface area contributed by atoms with Crippen molar-refractivity contribution in [2.75, 3.05) is 13.1 Å². The molecule has 1 saturated heterocycles. The SMILES string of the molecule is Cc1c(-c2c(C(C)C)c3cc(C4CCNCC4)ccc3n2C(=O)O)cn2ncnc2c1C. The molecule has 1 fully saturated rings. The van der Waals surface area contributed by atoms with Crippen LogP contribution in [-0.4, -0.2) is 43.5 Å². The van der Waals surface area contributed by atoms with E-state index in [1.54, 1.807) is 4.52 Å². The third-order valence-corrected chi connectivity index (χ3v) is 6.99. The second-order valence-electron chi connectivity index (χ2n) is 9.16. The minimum atomic E-state index is -0.970. The number of piperidine rings is 1. The van der Waals surface area contributed by atoms with Crippen LogP contribution in [-0.2, 0) is 0 Å². The monoisotopic (exact) mass is 431 g/mol. The van der Waals surface area contributed by atoms with Crippen LogP contribution in [0, 0.1) is 13.8 Å². The molecule has 0 radical (unpaired) electrons. The molecule has 0 bridgehead atoms. The van der Waals surface area contributed by atoms with Crippen LogP contribution >= 0.6 is 0 Å². The molecule has 3 aromatic heterocycles. The third kappa shape index (κ3) is 3.11. The van der Waals surface area contributed by atoms with Gasteiger partial charge >= 0.3 is 6.09 Å². The van der Waals surface area contributed by atoms with Crippen LogP contribution in [0.2, 0.25) is 0 Å². The molecule has 7 heteroatoms. The lowest BCUT2D eigenvalue weighted by molar-refractivity contribution is 0.198. The molecule has 1 aliphatic heterocycles. The van der Waals surface area contributed by atoms with Crippen molar-refractivity contribution in [1.82, 2.24) is 24.5 Å². The van der Waals surface area contributed by atoms with Crippen LogP contribution < -0.4 is 5.32 Å². The van der Waals surface area contributed by atoms with Gasteiger partial charge in [-0.15, -0.1) is 0 Å².